The number of rotatable bonds is 9. The van der Waals surface area contributed by atoms with E-state index in [2.05, 4.69) is 10.6 Å². The first-order chi connectivity index (χ1) is 17.5. The summed E-state index contributed by atoms with van der Waals surface area (Å²) >= 11 is 0. The van der Waals surface area contributed by atoms with Crippen molar-refractivity contribution in [3.63, 3.8) is 0 Å². The number of carbonyl (C=O) groups is 2. The summed E-state index contributed by atoms with van der Waals surface area (Å²) in [5.74, 6) is -0.760. The highest BCUT2D eigenvalue weighted by atomic mass is 19.1. The Morgan fingerprint density at radius 1 is 0.556 bits per heavy atom. The quantitative estimate of drug-likeness (QED) is 0.287. The Hall–Kier alpha value is -4.72. The summed E-state index contributed by atoms with van der Waals surface area (Å²) in [6.07, 6.45) is 0. The first-order valence-corrected chi connectivity index (χ1v) is 11.1. The van der Waals surface area contributed by atoms with E-state index in [0.717, 1.165) is 0 Å². The Labute approximate surface area is 206 Å². The third-order valence-corrected chi connectivity index (χ3v) is 5.08. The van der Waals surface area contributed by atoms with Crippen molar-refractivity contribution in [2.45, 2.75) is 0 Å². The van der Waals surface area contributed by atoms with Gasteiger partial charge in [-0.05, 0) is 72.8 Å². The second kappa shape index (κ2) is 11.6. The van der Waals surface area contributed by atoms with Crippen molar-refractivity contribution in [1.29, 1.82) is 0 Å². The molecule has 0 aliphatic carbocycles. The molecule has 0 saturated heterocycles. The molecule has 0 heterocycles. The second-order valence-corrected chi connectivity index (χ2v) is 7.61. The molecule has 4 aromatic rings. The molecule has 0 aliphatic rings. The van der Waals surface area contributed by atoms with Crippen molar-refractivity contribution in [3.05, 3.63) is 120 Å². The van der Waals surface area contributed by atoms with Gasteiger partial charge in [0.05, 0.1) is 11.4 Å². The normalized spacial score (nSPS) is 10.4. The minimum absolute atomic E-state index is 0.156. The number of benzene rings is 4. The lowest BCUT2D eigenvalue weighted by Gasteiger charge is -2.15. The number of halogens is 2. The molecule has 8 heteroatoms. The van der Waals surface area contributed by atoms with Gasteiger partial charge in [-0.2, -0.15) is 0 Å². The van der Waals surface area contributed by atoms with Crippen LogP contribution in [0.15, 0.2) is 97.1 Å². The lowest BCUT2D eigenvalue weighted by molar-refractivity contribution is 0.101. The van der Waals surface area contributed by atoms with Crippen LogP contribution in [0.25, 0.3) is 0 Å². The average Bonchev–Trinajstić information content (AvgIpc) is 2.89. The molecule has 4 aromatic carbocycles. The molecule has 0 atom stereocenters. The second-order valence-electron chi connectivity index (χ2n) is 7.61. The molecule has 0 radical (unpaired) electrons. The van der Waals surface area contributed by atoms with E-state index in [1.807, 2.05) is 0 Å². The summed E-state index contributed by atoms with van der Waals surface area (Å²) < 4.78 is 37.8. The minimum Gasteiger partial charge on any atom is -0.488 e. The first-order valence-electron chi connectivity index (χ1n) is 11.1. The SMILES string of the molecule is O=C(Nc1ccccc1OCCOc1ccccc1NC(=O)c1ccc(F)cc1)c1ccc(F)cc1. The van der Waals surface area contributed by atoms with Gasteiger partial charge in [0.15, 0.2) is 0 Å². The van der Waals surface area contributed by atoms with E-state index in [0.29, 0.717) is 34.0 Å². The maximum atomic E-state index is 13.1. The lowest BCUT2D eigenvalue weighted by atomic mass is 10.2. The van der Waals surface area contributed by atoms with Gasteiger partial charge in [0.25, 0.3) is 11.8 Å². The number of nitrogens with one attached hydrogen (secondary N) is 2. The van der Waals surface area contributed by atoms with Crippen LogP contribution in [0.5, 0.6) is 11.5 Å². The Morgan fingerprint density at radius 2 is 0.917 bits per heavy atom. The summed E-state index contributed by atoms with van der Waals surface area (Å²) in [4.78, 5) is 24.9. The van der Waals surface area contributed by atoms with E-state index in [1.54, 1.807) is 48.5 Å². The highest BCUT2D eigenvalue weighted by Crippen LogP contribution is 2.26. The predicted molar refractivity (Wildman–Crippen MR) is 133 cm³/mol. The van der Waals surface area contributed by atoms with Crippen molar-refractivity contribution in [1.82, 2.24) is 0 Å². The van der Waals surface area contributed by atoms with E-state index >= 15 is 0 Å². The van der Waals surface area contributed by atoms with Crippen LogP contribution < -0.4 is 20.1 Å². The molecule has 2 amide bonds. The van der Waals surface area contributed by atoms with Crippen molar-refractivity contribution in [2.24, 2.45) is 0 Å². The van der Waals surface area contributed by atoms with Gasteiger partial charge < -0.3 is 20.1 Å². The molecule has 0 bridgehead atoms. The standard InChI is InChI=1S/C28H22F2N2O4/c29-21-13-9-19(10-14-21)27(33)31-23-5-1-3-7-25(23)35-17-18-36-26-8-4-2-6-24(26)32-28(34)20-11-15-22(30)16-12-20/h1-16H,17-18H2,(H,31,33)(H,32,34). The number of hydrogen-bond donors (Lipinski definition) is 2. The summed E-state index contributed by atoms with van der Waals surface area (Å²) in [6.45, 7) is 0.313. The first kappa shape index (κ1) is 24.4. The number of hydrogen-bond acceptors (Lipinski definition) is 4. The zero-order valence-electron chi connectivity index (χ0n) is 19.0. The van der Waals surface area contributed by atoms with Gasteiger partial charge in [0.2, 0.25) is 0 Å². The summed E-state index contributed by atoms with van der Waals surface area (Å²) in [5, 5.41) is 5.51. The van der Waals surface area contributed by atoms with Gasteiger partial charge in [-0.1, -0.05) is 24.3 Å². The Morgan fingerprint density at radius 3 is 1.31 bits per heavy atom. The molecule has 0 fully saturated rings. The fourth-order valence-corrected chi connectivity index (χ4v) is 3.29. The molecule has 182 valence electrons. The van der Waals surface area contributed by atoms with Crippen LogP contribution in [0.2, 0.25) is 0 Å². The van der Waals surface area contributed by atoms with E-state index in [-0.39, 0.29) is 13.2 Å². The van der Waals surface area contributed by atoms with Crippen LogP contribution in [0, 0.1) is 11.6 Å². The van der Waals surface area contributed by atoms with E-state index < -0.39 is 23.4 Å². The van der Waals surface area contributed by atoms with Crippen LogP contribution >= 0.6 is 0 Å². The van der Waals surface area contributed by atoms with Crippen molar-refractivity contribution in [3.8, 4) is 11.5 Å². The smallest absolute Gasteiger partial charge is 0.255 e. The van der Waals surface area contributed by atoms with Gasteiger partial charge in [-0.25, -0.2) is 8.78 Å². The molecule has 0 aromatic heterocycles. The van der Waals surface area contributed by atoms with E-state index in [4.69, 9.17) is 9.47 Å². The average molecular weight is 488 g/mol. The summed E-state index contributed by atoms with van der Waals surface area (Å²) in [6, 6.07) is 24.3. The molecular formula is C28H22F2N2O4. The lowest BCUT2D eigenvalue weighted by Crippen LogP contribution is -2.15. The fraction of sp³-hybridized carbons (Fsp3) is 0.0714. The van der Waals surface area contributed by atoms with Gasteiger partial charge in [-0.15, -0.1) is 0 Å². The molecule has 0 aliphatic heterocycles. The third-order valence-electron chi connectivity index (χ3n) is 5.08. The third kappa shape index (κ3) is 6.44. The van der Waals surface area contributed by atoms with Gasteiger partial charge >= 0.3 is 0 Å². The Bertz CT molecular complexity index is 1240. The maximum absolute atomic E-state index is 13.1. The van der Waals surface area contributed by atoms with Crippen LogP contribution in [0.3, 0.4) is 0 Å². The summed E-state index contributed by atoms with van der Waals surface area (Å²) in [5.41, 5.74) is 1.54. The molecule has 4 rings (SSSR count). The van der Waals surface area contributed by atoms with Gasteiger partial charge in [0.1, 0.15) is 36.3 Å². The van der Waals surface area contributed by atoms with Crippen molar-refractivity contribution >= 4 is 23.2 Å². The van der Waals surface area contributed by atoms with Gasteiger partial charge in [0, 0.05) is 11.1 Å². The number of amides is 2. The van der Waals surface area contributed by atoms with E-state index in [1.165, 1.54) is 48.5 Å². The highest BCUT2D eigenvalue weighted by molar-refractivity contribution is 6.05. The molecule has 0 saturated carbocycles. The van der Waals surface area contributed by atoms with Crippen molar-refractivity contribution in [2.75, 3.05) is 23.8 Å². The Balaban J connectivity index is 1.33. The molecule has 36 heavy (non-hydrogen) atoms. The molecule has 6 nitrogen and oxygen atoms in total. The number of para-hydroxylation sites is 4. The topological polar surface area (TPSA) is 76.7 Å². The van der Waals surface area contributed by atoms with Crippen LogP contribution in [0.1, 0.15) is 20.7 Å². The molecule has 0 unspecified atom stereocenters. The number of carbonyl (C=O) groups excluding carboxylic acids is 2. The zero-order valence-corrected chi connectivity index (χ0v) is 19.0. The van der Waals surface area contributed by atoms with Crippen molar-refractivity contribution < 1.29 is 27.8 Å². The van der Waals surface area contributed by atoms with Crippen LogP contribution in [-0.4, -0.2) is 25.0 Å². The molecule has 0 spiro atoms. The van der Waals surface area contributed by atoms with Crippen LogP contribution in [-0.2, 0) is 0 Å². The fourth-order valence-electron chi connectivity index (χ4n) is 3.29. The predicted octanol–water partition coefficient (Wildman–Crippen LogP) is 5.93. The number of ether oxygens (including phenoxy) is 2. The van der Waals surface area contributed by atoms with E-state index in [9.17, 15) is 18.4 Å². The van der Waals surface area contributed by atoms with Gasteiger partial charge in [-0.3, -0.25) is 9.59 Å². The molecule has 2 N–H and O–H groups in total. The van der Waals surface area contributed by atoms with Crippen LogP contribution in [0.4, 0.5) is 20.2 Å². The minimum atomic E-state index is -0.424. The number of anilines is 2. The molecular weight excluding hydrogens is 466 g/mol. The highest BCUT2D eigenvalue weighted by Gasteiger charge is 2.12. The zero-order chi connectivity index (χ0) is 25.3. The Kier molecular flexibility index (Phi) is 7.87. The monoisotopic (exact) mass is 488 g/mol. The maximum Gasteiger partial charge on any atom is 0.255 e. The summed E-state index contributed by atoms with van der Waals surface area (Å²) in [7, 11) is 0. The largest absolute Gasteiger partial charge is 0.488 e.